The number of nitrogens with zero attached hydrogens (tertiary/aromatic N) is 3. The van der Waals surface area contributed by atoms with Crippen LogP contribution in [0.2, 0.25) is 0 Å². The molecule has 1 amide bonds. The first-order valence-electron chi connectivity index (χ1n) is 6.90. The van der Waals surface area contributed by atoms with Crippen molar-refractivity contribution in [3.05, 3.63) is 42.3 Å². The molecule has 2 aromatic rings. The van der Waals surface area contributed by atoms with Gasteiger partial charge in [-0.15, -0.1) is 0 Å². The van der Waals surface area contributed by atoms with Gasteiger partial charge in [-0.2, -0.15) is 4.98 Å². The minimum Gasteiger partial charge on any atom is -0.439 e. The van der Waals surface area contributed by atoms with Crippen LogP contribution in [0.25, 0.3) is 0 Å². The fourth-order valence-corrected chi connectivity index (χ4v) is 2.20. The maximum atomic E-state index is 12.9. The molecule has 0 aliphatic carbocycles. The Morgan fingerprint density at radius 1 is 1.32 bits per heavy atom. The number of likely N-dealkylation sites (N-methyl/N-ethyl adjacent to an activating group) is 1. The molecule has 1 saturated heterocycles. The van der Waals surface area contributed by atoms with Crippen molar-refractivity contribution in [3.8, 4) is 11.6 Å². The first-order chi connectivity index (χ1) is 10.6. The molecule has 2 heterocycles. The predicted molar refractivity (Wildman–Crippen MR) is 78.2 cm³/mol. The normalized spacial score (nSPS) is 17.6. The lowest BCUT2D eigenvalue weighted by molar-refractivity contribution is -0.127. The molecule has 1 aliphatic heterocycles. The number of carbonyl (C=O) groups excluding carboxylic acids is 1. The van der Waals surface area contributed by atoms with Crippen LogP contribution in [0.5, 0.6) is 11.6 Å². The number of benzene rings is 1. The zero-order chi connectivity index (χ0) is 15.5. The first kappa shape index (κ1) is 14.2. The smallest absolute Gasteiger partial charge is 0.244 e. The number of halogens is 1. The van der Waals surface area contributed by atoms with E-state index in [2.05, 4.69) is 15.3 Å². The lowest BCUT2D eigenvalue weighted by atomic mass is 10.2. The van der Waals surface area contributed by atoms with E-state index in [-0.39, 0.29) is 17.8 Å². The molecule has 114 valence electrons. The highest BCUT2D eigenvalue weighted by Crippen LogP contribution is 2.21. The predicted octanol–water partition coefficient (Wildman–Crippen LogP) is 2.05. The summed E-state index contributed by atoms with van der Waals surface area (Å²) in [7, 11) is 1.76. The Bertz CT molecular complexity index is 677. The van der Waals surface area contributed by atoms with E-state index in [1.165, 1.54) is 30.5 Å². The molecule has 0 radical (unpaired) electrons. The van der Waals surface area contributed by atoms with E-state index in [4.69, 9.17) is 4.74 Å². The van der Waals surface area contributed by atoms with Crippen LogP contribution >= 0.6 is 0 Å². The quantitative estimate of drug-likeness (QED) is 0.936. The van der Waals surface area contributed by atoms with Crippen LogP contribution in [-0.4, -0.2) is 40.4 Å². The Labute approximate surface area is 126 Å². The highest BCUT2D eigenvalue weighted by atomic mass is 19.1. The number of aromatic nitrogens is 2. The van der Waals surface area contributed by atoms with Crippen molar-refractivity contribution >= 4 is 11.9 Å². The summed E-state index contributed by atoms with van der Waals surface area (Å²) in [6, 6.07) is 6.92. The topological polar surface area (TPSA) is 67.3 Å². The van der Waals surface area contributed by atoms with Gasteiger partial charge in [-0.3, -0.25) is 4.79 Å². The highest BCUT2D eigenvalue weighted by Gasteiger charge is 2.29. The average molecular weight is 302 g/mol. The first-order valence-corrected chi connectivity index (χ1v) is 6.90. The monoisotopic (exact) mass is 302 g/mol. The van der Waals surface area contributed by atoms with Crippen LogP contribution < -0.4 is 10.1 Å². The molecular weight excluding hydrogens is 287 g/mol. The summed E-state index contributed by atoms with van der Waals surface area (Å²) in [6.07, 6.45) is 2.25. The molecule has 3 rings (SSSR count). The van der Waals surface area contributed by atoms with Crippen molar-refractivity contribution in [2.75, 3.05) is 18.9 Å². The van der Waals surface area contributed by atoms with Crippen molar-refractivity contribution in [3.63, 3.8) is 0 Å². The van der Waals surface area contributed by atoms with Gasteiger partial charge in [-0.25, -0.2) is 9.37 Å². The van der Waals surface area contributed by atoms with Crippen LogP contribution in [0.1, 0.15) is 6.42 Å². The Morgan fingerprint density at radius 2 is 2.09 bits per heavy atom. The SMILES string of the molecule is CN1CCC(Nc2nccc(Oc3ccc(F)cc3)n2)C1=O. The lowest BCUT2D eigenvalue weighted by Gasteiger charge is -2.12. The standard InChI is InChI=1S/C15H15FN4O2/c1-20-9-7-12(14(20)21)18-15-17-8-6-13(19-15)22-11-4-2-10(16)3-5-11/h2-6,8,12H,7,9H2,1H3,(H,17,18,19). The largest absolute Gasteiger partial charge is 0.439 e. The van der Waals surface area contributed by atoms with E-state index in [0.717, 1.165) is 0 Å². The van der Waals surface area contributed by atoms with Gasteiger partial charge in [-0.1, -0.05) is 0 Å². The van der Waals surface area contributed by atoms with Gasteiger partial charge in [0.2, 0.25) is 17.7 Å². The lowest BCUT2D eigenvalue weighted by Crippen LogP contribution is -2.31. The summed E-state index contributed by atoms with van der Waals surface area (Å²) >= 11 is 0. The zero-order valence-electron chi connectivity index (χ0n) is 12.0. The summed E-state index contributed by atoms with van der Waals surface area (Å²) in [6.45, 7) is 0.711. The van der Waals surface area contributed by atoms with E-state index in [1.54, 1.807) is 18.0 Å². The second-order valence-corrected chi connectivity index (χ2v) is 5.02. The van der Waals surface area contributed by atoms with E-state index in [9.17, 15) is 9.18 Å². The number of likely N-dealkylation sites (tertiary alicyclic amines) is 1. The molecule has 0 spiro atoms. The maximum absolute atomic E-state index is 12.9. The van der Waals surface area contributed by atoms with Gasteiger partial charge in [0.05, 0.1) is 0 Å². The van der Waals surface area contributed by atoms with Gasteiger partial charge >= 0.3 is 0 Å². The molecule has 1 aromatic carbocycles. The molecule has 0 bridgehead atoms. The third kappa shape index (κ3) is 3.13. The average Bonchev–Trinajstić information content (AvgIpc) is 2.82. The summed E-state index contributed by atoms with van der Waals surface area (Å²) in [5.74, 6) is 0.814. The van der Waals surface area contributed by atoms with Gasteiger partial charge in [0, 0.05) is 25.9 Å². The molecule has 0 saturated carbocycles. The van der Waals surface area contributed by atoms with Crippen molar-refractivity contribution in [1.82, 2.24) is 14.9 Å². The Hall–Kier alpha value is -2.70. The number of hydrogen-bond acceptors (Lipinski definition) is 5. The van der Waals surface area contributed by atoms with Crippen LogP contribution in [0, 0.1) is 5.82 Å². The van der Waals surface area contributed by atoms with Crippen molar-refractivity contribution < 1.29 is 13.9 Å². The minimum atomic E-state index is -0.332. The highest BCUT2D eigenvalue weighted by molar-refractivity contribution is 5.86. The molecule has 7 heteroatoms. The summed E-state index contributed by atoms with van der Waals surface area (Å²) in [5, 5.41) is 3.00. The number of anilines is 1. The zero-order valence-corrected chi connectivity index (χ0v) is 12.0. The fourth-order valence-electron chi connectivity index (χ4n) is 2.20. The molecule has 1 N–H and O–H groups in total. The molecule has 22 heavy (non-hydrogen) atoms. The van der Waals surface area contributed by atoms with Crippen LogP contribution in [0.15, 0.2) is 36.5 Å². The van der Waals surface area contributed by atoms with Gasteiger partial charge < -0.3 is 15.0 Å². The van der Waals surface area contributed by atoms with Crippen molar-refractivity contribution in [2.24, 2.45) is 0 Å². The number of nitrogens with one attached hydrogen (secondary N) is 1. The maximum Gasteiger partial charge on any atom is 0.244 e. The Morgan fingerprint density at radius 3 is 2.77 bits per heavy atom. The summed E-state index contributed by atoms with van der Waals surface area (Å²) < 4.78 is 18.4. The molecule has 1 atom stereocenters. The molecule has 1 unspecified atom stereocenters. The number of rotatable bonds is 4. The Balaban J connectivity index is 1.70. The van der Waals surface area contributed by atoms with Crippen molar-refractivity contribution in [1.29, 1.82) is 0 Å². The number of carbonyl (C=O) groups is 1. The van der Waals surface area contributed by atoms with Crippen LogP contribution in [-0.2, 0) is 4.79 Å². The number of amides is 1. The van der Waals surface area contributed by atoms with E-state index < -0.39 is 0 Å². The van der Waals surface area contributed by atoms with E-state index in [1.807, 2.05) is 0 Å². The van der Waals surface area contributed by atoms with Gasteiger partial charge in [-0.05, 0) is 30.7 Å². The van der Waals surface area contributed by atoms with E-state index in [0.29, 0.717) is 30.5 Å². The summed E-state index contributed by atoms with van der Waals surface area (Å²) in [4.78, 5) is 21.8. The third-order valence-corrected chi connectivity index (χ3v) is 3.40. The number of hydrogen-bond donors (Lipinski definition) is 1. The molecule has 1 aromatic heterocycles. The van der Waals surface area contributed by atoms with E-state index >= 15 is 0 Å². The second kappa shape index (κ2) is 5.97. The molecule has 1 aliphatic rings. The van der Waals surface area contributed by atoms with Crippen LogP contribution in [0.4, 0.5) is 10.3 Å². The molecule has 1 fully saturated rings. The Kier molecular flexibility index (Phi) is 3.86. The molecule has 6 nitrogen and oxygen atoms in total. The van der Waals surface area contributed by atoms with Gasteiger partial charge in [0.1, 0.15) is 17.6 Å². The summed E-state index contributed by atoms with van der Waals surface area (Å²) in [5.41, 5.74) is 0. The molecular formula is C15H15FN4O2. The van der Waals surface area contributed by atoms with Gasteiger partial charge in [0.25, 0.3) is 0 Å². The van der Waals surface area contributed by atoms with Crippen LogP contribution in [0.3, 0.4) is 0 Å². The van der Waals surface area contributed by atoms with Gasteiger partial charge in [0.15, 0.2) is 0 Å². The van der Waals surface area contributed by atoms with Crippen molar-refractivity contribution in [2.45, 2.75) is 12.5 Å². The fraction of sp³-hybridized carbons (Fsp3) is 0.267. The number of ether oxygens (including phenoxy) is 1. The second-order valence-electron chi connectivity index (χ2n) is 5.02. The minimum absolute atomic E-state index is 0.0217. The third-order valence-electron chi connectivity index (χ3n) is 3.40.